The summed E-state index contributed by atoms with van der Waals surface area (Å²) in [5.41, 5.74) is 0.139. The van der Waals surface area contributed by atoms with Gasteiger partial charge in [-0.1, -0.05) is 6.07 Å². The van der Waals surface area contributed by atoms with Crippen LogP contribution < -0.4 is 5.90 Å². The average Bonchev–Trinajstić information content (AvgIpc) is 2.11. The first-order valence-electron chi connectivity index (χ1n) is 3.59. The van der Waals surface area contributed by atoms with Gasteiger partial charge in [-0.2, -0.15) is 0 Å². The molecule has 0 spiro atoms. The van der Waals surface area contributed by atoms with E-state index in [2.05, 4.69) is 10.5 Å². The predicted octanol–water partition coefficient (Wildman–Crippen LogP) is 1.54. The van der Waals surface area contributed by atoms with E-state index in [0.29, 0.717) is 0 Å². The van der Waals surface area contributed by atoms with Crippen molar-refractivity contribution in [2.24, 2.45) is 5.90 Å². The highest BCUT2D eigenvalue weighted by molar-refractivity contribution is 7.51. The molecule has 0 amide bonds. The molecule has 1 rings (SSSR count). The van der Waals surface area contributed by atoms with Crippen LogP contribution in [0.1, 0.15) is 5.56 Å². The van der Waals surface area contributed by atoms with Crippen LogP contribution in [0.4, 0.5) is 8.78 Å². The molecule has 0 saturated carbocycles. The van der Waals surface area contributed by atoms with Gasteiger partial charge in [0.05, 0.1) is 6.16 Å². The zero-order chi connectivity index (χ0) is 10.8. The van der Waals surface area contributed by atoms with Crippen molar-refractivity contribution in [3.8, 4) is 0 Å². The molecule has 3 N–H and O–H groups in total. The molecule has 0 aromatic heterocycles. The second kappa shape index (κ2) is 4.14. The first kappa shape index (κ1) is 11.3. The monoisotopic (exact) mass is 223 g/mol. The summed E-state index contributed by atoms with van der Waals surface area (Å²) in [6.07, 6.45) is -0.458. The molecule has 4 nitrogen and oxygen atoms in total. The SMILES string of the molecule is NOP(=O)(O)Cc1ccc(F)c(F)c1. The van der Waals surface area contributed by atoms with Gasteiger partial charge >= 0.3 is 7.60 Å². The smallest absolute Gasteiger partial charge is 0.323 e. The highest BCUT2D eigenvalue weighted by Gasteiger charge is 2.19. The molecule has 0 aliphatic rings. The van der Waals surface area contributed by atoms with Crippen LogP contribution in [-0.2, 0) is 15.4 Å². The maximum atomic E-state index is 12.6. The second-order valence-corrected chi connectivity index (χ2v) is 4.45. The molecule has 78 valence electrons. The van der Waals surface area contributed by atoms with E-state index in [0.717, 1.165) is 12.1 Å². The zero-order valence-electron chi connectivity index (χ0n) is 6.98. The van der Waals surface area contributed by atoms with E-state index in [1.165, 1.54) is 6.07 Å². The Kier molecular flexibility index (Phi) is 3.34. The predicted molar refractivity (Wildman–Crippen MR) is 45.2 cm³/mol. The summed E-state index contributed by atoms with van der Waals surface area (Å²) in [5, 5.41) is 0. The Morgan fingerprint density at radius 3 is 2.57 bits per heavy atom. The average molecular weight is 223 g/mol. The number of benzene rings is 1. The van der Waals surface area contributed by atoms with E-state index in [1.54, 1.807) is 0 Å². The molecule has 0 aliphatic carbocycles. The number of rotatable bonds is 3. The third-order valence-electron chi connectivity index (χ3n) is 1.53. The summed E-state index contributed by atoms with van der Waals surface area (Å²) in [4.78, 5) is 8.93. The number of halogens is 2. The van der Waals surface area contributed by atoms with Crippen molar-refractivity contribution < 1.29 is 22.9 Å². The summed E-state index contributed by atoms with van der Waals surface area (Å²) in [5.74, 6) is 2.44. The molecule has 1 aromatic carbocycles. The van der Waals surface area contributed by atoms with Crippen LogP contribution >= 0.6 is 7.60 Å². The Bertz CT molecular complexity index is 385. The van der Waals surface area contributed by atoms with Gasteiger partial charge in [0.1, 0.15) is 0 Å². The van der Waals surface area contributed by atoms with Gasteiger partial charge in [-0.25, -0.2) is 19.3 Å². The maximum absolute atomic E-state index is 12.6. The Balaban J connectivity index is 2.89. The van der Waals surface area contributed by atoms with Crippen LogP contribution in [0.2, 0.25) is 0 Å². The normalized spacial score (nSPS) is 15.1. The summed E-state index contributed by atoms with van der Waals surface area (Å²) >= 11 is 0. The molecule has 0 heterocycles. The fraction of sp³-hybridized carbons (Fsp3) is 0.143. The molecule has 0 bridgehead atoms. The largest absolute Gasteiger partial charge is 0.348 e. The molecule has 7 heteroatoms. The molecular weight excluding hydrogens is 215 g/mol. The van der Waals surface area contributed by atoms with Crippen LogP contribution in [0.3, 0.4) is 0 Å². The first-order valence-corrected chi connectivity index (χ1v) is 5.35. The minimum Gasteiger partial charge on any atom is -0.323 e. The fourth-order valence-corrected chi connectivity index (χ4v) is 1.64. The number of hydrogen-bond acceptors (Lipinski definition) is 3. The first-order chi connectivity index (χ1) is 6.44. The van der Waals surface area contributed by atoms with Crippen LogP contribution in [0.5, 0.6) is 0 Å². The number of hydrogen-bond donors (Lipinski definition) is 2. The fourth-order valence-electron chi connectivity index (χ4n) is 0.906. The molecule has 0 aliphatic heterocycles. The van der Waals surface area contributed by atoms with E-state index in [-0.39, 0.29) is 5.56 Å². The quantitative estimate of drug-likeness (QED) is 0.602. The van der Waals surface area contributed by atoms with Crippen molar-refractivity contribution in [2.45, 2.75) is 6.16 Å². The van der Waals surface area contributed by atoms with Gasteiger partial charge in [-0.05, 0) is 17.7 Å². The van der Waals surface area contributed by atoms with Gasteiger partial charge in [0, 0.05) is 0 Å². The van der Waals surface area contributed by atoms with Crippen molar-refractivity contribution in [3.63, 3.8) is 0 Å². The molecule has 0 fully saturated rings. The van der Waals surface area contributed by atoms with E-state index in [9.17, 15) is 13.3 Å². The lowest BCUT2D eigenvalue weighted by molar-refractivity contribution is 0.267. The van der Waals surface area contributed by atoms with Crippen LogP contribution in [-0.4, -0.2) is 4.89 Å². The van der Waals surface area contributed by atoms with Crippen LogP contribution in [0, 0.1) is 11.6 Å². The maximum Gasteiger partial charge on any atom is 0.348 e. The van der Waals surface area contributed by atoms with Crippen LogP contribution in [0.25, 0.3) is 0 Å². The van der Waals surface area contributed by atoms with E-state index >= 15 is 0 Å². The highest BCUT2D eigenvalue weighted by atomic mass is 31.2. The minimum absolute atomic E-state index is 0.139. The van der Waals surface area contributed by atoms with Gasteiger partial charge in [-0.15, -0.1) is 0 Å². The van der Waals surface area contributed by atoms with Crippen molar-refractivity contribution in [2.75, 3.05) is 0 Å². The molecule has 0 radical (unpaired) electrons. The van der Waals surface area contributed by atoms with Crippen molar-refractivity contribution in [3.05, 3.63) is 35.4 Å². The van der Waals surface area contributed by atoms with Crippen molar-refractivity contribution in [1.29, 1.82) is 0 Å². The lowest BCUT2D eigenvalue weighted by atomic mass is 10.2. The molecule has 14 heavy (non-hydrogen) atoms. The summed E-state index contributed by atoms with van der Waals surface area (Å²) in [6, 6.07) is 2.86. The van der Waals surface area contributed by atoms with E-state index in [1.807, 2.05) is 0 Å². The van der Waals surface area contributed by atoms with Crippen molar-refractivity contribution >= 4 is 7.60 Å². The Labute approximate surface area is 78.8 Å². The topological polar surface area (TPSA) is 72.5 Å². The third kappa shape index (κ3) is 2.85. The summed E-state index contributed by atoms with van der Waals surface area (Å²) < 4.78 is 39.8. The zero-order valence-corrected chi connectivity index (χ0v) is 7.88. The second-order valence-electron chi connectivity index (χ2n) is 2.65. The van der Waals surface area contributed by atoms with Gasteiger partial charge < -0.3 is 4.89 Å². The molecule has 1 unspecified atom stereocenters. The molecule has 1 aromatic rings. The third-order valence-corrected chi connectivity index (χ3v) is 2.63. The summed E-state index contributed by atoms with van der Waals surface area (Å²) in [7, 11) is -3.94. The Hall–Kier alpha value is -0.810. The number of nitrogens with two attached hydrogens (primary N) is 1. The van der Waals surface area contributed by atoms with Gasteiger partial charge in [-0.3, -0.25) is 4.57 Å². The van der Waals surface area contributed by atoms with E-state index < -0.39 is 25.4 Å². The Morgan fingerprint density at radius 2 is 2.07 bits per heavy atom. The van der Waals surface area contributed by atoms with Gasteiger partial charge in [0.15, 0.2) is 11.6 Å². The standard InChI is InChI=1S/C7H8F2NO3P/c8-6-2-1-5(3-7(6)9)4-14(11,12)13-10/h1-3H,4,10H2,(H,11,12). The lowest BCUT2D eigenvalue weighted by Crippen LogP contribution is -1.99. The minimum atomic E-state index is -3.94. The summed E-state index contributed by atoms with van der Waals surface area (Å²) in [6.45, 7) is 0. The molecule has 1 atom stereocenters. The Morgan fingerprint density at radius 1 is 1.43 bits per heavy atom. The molecule has 0 saturated heterocycles. The van der Waals surface area contributed by atoms with Gasteiger partial charge in [0.25, 0.3) is 0 Å². The van der Waals surface area contributed by atoms with Crippen LogP contribution in [0.15, 0.2) is 18.2 Å². The highest BCUT2D eigenvalue weighted by Crippen LogP contribution is 2.43. The van der Waals surface area contributed by atoms with E-state index in [4.69, 9.17) is 4.89 Å². The molecular formula is C7H8F2NO3P. The van der Waals surface area contributed by atoms with Gasteiger partial charge in [0.2, 0.25) is 0 Å². The van der Waals surface area contributed by atoms with Crippen molar-refractivity contribution in [1.82, 2.24) is 0 Å². The lowest BCUT2D eigenvalue weighted by Gasteiger charge is -2.07.